The zero-order valence-electron chi connectivity index (χ0n) is 20.1. The summed E-state index contributed by atoms with van der Waals surface area (Å²) in [7, 11) is 1.94. The molecule has 2 aliphatic heterocycles. The predicted octanol–water partition coefficient (Wildman–Crippen LogP) is 7.14. The molecule has 3 aliphatic rings. The number of rotatable bonds is 8. The van der Waals surface area contributed by atoms with Gasteiger partial charge in [-0.2, -0.15) is 0 Å². The van der Waals surface area contributed by atoms with E-state index < -0.39 is 17.0 Å². The minimum absolute atomic E-state index is 0.0286. The normalized spacial score (nSPS) is 25.8. The van der Waals surface area contributed by atoms with Gasteiger partial charge in [-0.3, -0.25) is 9.79 Å². The molecule has 35 heavy (non-hydrogen) atoms. The molecular weight excluding hydrogens is 491 g/mol. The molecule has 0 radical (unpaired) electrons. The van der Waals surface area contributed by atoms with Crippen LogP contribution in [0.1, 0.15) is 43.0 Å². The predicted molar refractivity (Wildman–Crippen MR) is 143 cm³/mol. The number of anilines is 1. The number of carbonyl (C=O) groups is 1. The molecule has 1 N–H and O–H groups in total. The molecule has 9 heteroatoms. The van der Waals surface area contributed by atoms with Gasteiger partial charge in [-0.1, -0.05) is 37.4 Å². The van der Waals surface area contributed by atoms with Crippen LogP contribution in [-0.2, 0) is 0 Å². The Morgan fingerprint density at radius 2 is 1.91 bits per heavy atom. The lowest BCUT2D eigenvalue weighted by atomic mass is 9.83. The smallest absolute Gasteiger partial charge is 0.254 e. The Bertz CT molecular complexity index is 976. The van der Waals surface area contributed by atoms with Crippen LogP contribution in [-0.4, -0.2) is 55.0 Å². The van der Waals surface area contributed by atoms with E-state index in [1.54, 1.807) is 23.9 Å². The van der Waals surface area contributed by atoms with Gasteiger partial charge in [-0.05, 0) is 68.6 Å². The summed E-state index contributed by atoms with van der Waals surface area (Å²) in [4.78, 5) is 18.9. The second-order valence-corrected chi connectivity index (χ2v) is 11.4. The first-order valence-electron chi connectivity index (χ1n) is 11.5. The van der Waals surface area contributed by atoms with E-state index in [1.807, 2.05) is 47.9 Å². The molecule has 1 aromatic rings. The Morgan fingerprint density at radius 3 is 2.46 bits per heavy atom. The Hall–Kier alpha value is -1.97. The molecule has 2 fully saturated rings. The summed E-state index contributed by atoms with van der Waals surface area (Å²) in [5.74, 6) is -2.63. The van der Waals surface area contributed by atoms with E-state index in [2.05, 4.69) is 16.3 Å². The highest BCUT2D eigenvalue weighted by molar-refractivity contribution is 8.15. The lowest BCUT2D eigenvalue weighted by Crippen LogP contribution is -2.41. The zero-order chi connectivity index (χ0) is 25.5. The third kappa shape index (κ3) is 8.29. The summed E-state index contributed by atoms with van der Waals surface area (Å²) in [6, 6.07) is 7.27. The monoisotopic (exact) mass is 523 g/mol. The van der Waals surface area contributed by atoms with Gasteiger partial charge in [0, 0.05) is 46.0 Å². The van der Waals surface area contributed by atoms with Crippen molar-refractivity contribution < 1.29 is 18.0 Å². The number of likely N-dealkylation sites (tertiary alicyclic amines) is 1. The Kier molecular flexibility index (Phi) is 9.34. The standard InChI is InChI=1S/C15H14N2OS2.C11H18F3N/c1-12(3-2-4-15-9-16-11-19-15)20-17-14-7-5-13(10-18)6-8-14;1-9(8-11(9,13)14)7-10(12)3-5-15(2)6-4-10/h2-8,10-11,17H,1,9H2;3-8H2,1-2H3/b3-2-,15-4+;. The van der Waals surface area contributed by atoms with Gasteiger partial charge in [0.2, 0.25) is 0 Å². The molecule has 1 unspecified atom stereocenters. The highest BCUT2D eigenvalue weighted by atomic mass is 32.2. The number of alkyl halides is 3. The van der Waals surface area contributed by atoms with Crippen LogP contribution in [0.5, 0.6) is 0 Å². The minimum atomic E-state index is -2.63. The van der Waals surface area contributed by atoms with E-state index in [0.29, 0.717) is 31.5 Å². The fraction of sp³-hybridized carbons (Fsp3) is 0.462. The molecule has 4 rings (SSSR count). The quantitative estimate of drug-likeness (QED) is 0.223. The van der Waals surface area contributed by atoms with Gasteiger partial charge in [-0.15, -0.1) is 0 Å². The molecule has 1 atom stereocenters. The SMILES string of the molecule is C=C(/C=C\C=C1/CN=CS1)SNc1ccc(C=O)cc1.CN1CCC(F)(CC2(C)CC2(F)F)CC1. The average Bonchev–Trinajstić information content (AvgIpc) is 3.14. The largest absolute Gasteiger partial charge is 0.326 e. The van der Waals surface area contributed by atoms with Gasteiger partial charge in [0.25, 0.3) is 5.92 Å². The van der Waals surface area contributed by atoms with Crippen molar-refractivity contribution in [3.8, 4) is 0 Å². The van der Waals surface area contributed by atoms with Crippen molar-refractivity contribution in [2.75, 3.05) is 31.4 Å². The second kappa shape index (κ2) is 11.8. The van der Waals surface area contributed by atoms with Gasteiger partial charge in [0.05, 0.1) is 12.1 Å². The number of benzene rings is 1. The molecule has 1 aromatic carbocycles. The summed E-state index contributed by atoms with van der Waals surface area (Å²) in [6.45, 7) is 7.60. The summed E-state index contributed by atoms with van der Waals surface area (Å²) >= 11 is 3.08. The molecule has 0 spiro atoms. The fourth-order valence-corrected chi connectivity index (χ4v) is 5.07. The van der Waals surface area contributed by atoms with Crippen LogP contribution in [0, 0.1) is 5.41 Å². The van der Waals surface area contributed by atoms with Crippen LogP contribution in [0.15, 0.2) is 63.9 Å². The van der Waals surface area contributed by atoms with Crippen LogP contribution in [0.3, 0.4) is 0 Å². The topological polar surface area (TPSA) is 44.7 Å². The van der Waals surface area contributed by atoms with Gasteiger partial charge < -0.3 is 9.62 Å². The molecule has 4 nitrogen and oxygen atoms in total. The van der Waals surface area contributed by atoms with Crippen molar-refractivity contribution in [3.05, 3.63) is 64.4 Å². The fourth-order valence-electron chi connectivity index (χ4n) is 3.95. The molecule has 1 aliphatic carbocycles. The van der Waals surface area contributed by atoms with Gasteiger partial charge in [0.1, 0.15) is 12.0 Å². The van der Waals surface area contributed by atoms with Crippen LogP contribution in [0.25, 0.3) is 0 Å². The van der Waals surface area contributed by atoms with Crippen molar-refractivity contribution in [2.24, 2.45) is 10.4 Å². The number of allylic oxidation sites excluding steroid dienone is 3. The number of hydrogen-bond donors (Lipinski definition) is 1. The molecule has 190 valence electrons. The molecule has 0 aromatic heterocycles. The number of aldehydes is 1. The molecular formula is C26H32F3N3OS2. The maximum atomic E-state index is 14.3. The van der Waals surface area contributed by atoms with Crippen LogP contribution in [0.2, 0.25) is 0 Å². The van der Waals surface area contributed by atoms with Crippen LogP contribution in [0.4, 0.5) is 18.9 Å². The van der Waals surface area contributed by atoms with Crippen molar-refractivity contribution >= 4 is 41.2 Å². The van der Waals surface area contributed by atoms with E-state index in [9.17, 15) is 18.0 Å². The first-order chi connectivity index (χ1) is 16.5. The lowest BCUT2D eigenvalue weighted by molar-refractivity contribution is 0.00429. The van der Waals surface area contributed by atoms with Crippen molar-refractivity contribution in [3.63, 3.8) is 0 Å². The third-order valence-corrected chi connectivity index (χ3v) is 7.96. The summed E-state index contributed by atoms with van der Waals surface area (Å²) in [6.07, 6.45) is 7.48. The van der Waals surface area contributed by atoms with Gasteiger partial charge in [-0.25, -0.2) is 13.2 Å². The highest BCUT2D eigenvalue weighted by Gasteiger charge is 2.69. The number of carbonyl (C=O) groups excluding carboxylic acids is 1. The Balaban J connectivity index is 0.000000203. The number of nitrogens with zero attached hydrogens (tertiary/aromatic N) is 2. The summed E-state index contributed by atoms with van der Waals surface area (Å²) < 4.78 is 43.4. The first-order valence-corrected chi connectivity index (χ1v) is 13.2. The van der Waals surface area contributed by atoms with Crippen molar-refractivity contribution in [2.45, 2.75) is 44.2 Å². The lowest BCUT2D eigenvalue weighted by Gasteiger charge is -2.36. The van der Waals surface area contributed by atoms with E-state index in [4.69, 9.17) is 0 Å². The molecule has 0 bridgehead atoms. The number of hydrogen-bond acceptors (Lipinski definition) is 6. The van der Waals surface area contributed by atoms with Crippen LogP contribution < -0.4 is 4.72 Å². The Labute approximate surface area is 214 Å². The molecule has 1 saturated carbocycles. The van der Waals surface area contributed by atoms with Crippen LogP contribution >= 0.6 is 23.7 Å². The third-order valence-electron chi connectivity index (χ3n) is 6.40. The van der Waals surface area contributed by atoms with E-state index in [-0.39, 0.29) is 12.8 Å². The Morgan fingerprint density at radius 1 is 1.26 bits per heavy atom. The van der Waals surface area contributed by atoms with Crippen molar-refractivity contribution in [1.82, 2.24) is 4.90 Å². The van der Waals surface area contributed by atoms with Gasteiger partial charge >= 0.3 is 0 Å². The van der Waals surface area contributed by atoms with E-state index in [0.717, 1.165) is 23.4 Å². The molecule has 2 heterocycles. The number of nitrogens with one attached hydrogen (secondary N) is 1. The molecule has 0 amide bonds. The number of thioether (sulfide) groups is 1. The van der Waals surface area contributed by atoms with Gasteiger partial charge in [0.15, 0.2) is 0 Å². The van der Waals surface area contributed by atoms with Crippen molar-refractivity contribution in [1.29, 1.82) is 0 Å². The maximum absolute atomic E-state index is 14.3. The molecule has 1 saturated heterocycles. The summed E-state index contributed by atoms with van der Waals surface area (Å²) in [5, 5.41) is 0. The average molecular weight is 524 g/mol. The van der Waals surface area contributed by atoms with E-state index >= 15 is 0 Å². The second-order valence-electron chi connectivity index (χ2n) is 9.54. The first kappa shape index (κ1) is 27.6. The minimum Gasteiger partial charge on any atom is -0.326 e. The number of piperidine rings is 1. The highest BCUT2D eigenvalue weighted by Crippen LogP contribution is 2.64. The zero-order valence-corrected chi connectivity index (χ0v) is 21.7. The maximum Gasteiger partial charge on any atom is 0.254 e. The summed E-state index contributed by atoms with van der Waals surface area (Å²) in [5.41, 5.74) is 1.03. The number of aliphatic imine (C=N–C) groups is 1. The number of halogens is 3. The van der Waals surface area contributed by atoms with E-state index in [1.165, 1.54) is 23.8 Å².